The summed E-state index contributed by atoms with van der Waals surface area (Å²) in [5, 5.41) is 0. The summed E-state index contributed by atoms with van der Waals surface area (Å²) in [7, 11) is 0. The highest BCUT2D eigenvalue weighted by atomic mass is 79.9. The van der Waals surface area contributed by atoms with Crippen molar-refractivity contribution in [3.05, 3.63) is 92.1 Å². The van der Waals surface area contributed by atoms with Gasteiger partial charge in [-0.25, -0.2) is 0 Å². The first-order valence-electron chi connectivity index (χ1n) is 7.21. The van der Waals surface area contributed by atoms with Crippen LogP contribution in [-0.4, -0.2) is 0 Å². The van der Waals surface area contributed by atoms with E-state index in [2.05, 4.69) is 62.2 Å². The van der Waals surface area contributed by atoms with Crippen molar-refractivity contribution in [1.82, 2.24) is 0 Å². The van der Waals surface area contributed by atoms with E-state index in [-0.39, 0.29) is 0 Å². The Kier molecular flexibility index (Phi) is 5.16. The van der Waals surface area contributed by atoms with Crippen LogP contribution in [0.25, 0.3) is 0 Å². The zero-order valence-electron chi connectivity index (χ0n) is 12.1. The molecule has 1 nitrogen and oxygen atoms in total. The van der Waals surface area contributed by atoms with Crippen LogP contribution in [0, 0.1) is 0 Å². The Morgan fingerprint density at radius 1 is 1.05 bits per heavy atom. The molecule has 1 aromatic carbocycles. The average Bonchev–Trinajstić information content (AvgIpc) is 2.60. The SMILES string of the molecule is Br/C=C1/CC=C(OCc2ccccc2)C2=C1/C(=C/Br)C=CC2. The predicted octanol–water partition coefficient (Wildman–Crippen LogP) is 6.30. The molecule has 0 aromatic heterocycles. The van der Waals surface area contributed by atoms with Gasteiger partial charge in [0.1, 0.15) is 12.4 Å². The molecule has 0 radical (unpaired) electrons. The molecule has 0 fully saturated rings. The summed E-state index contributed by atoms with van der Waals surface area (Å²) in [6.45, 7) is 0.605. The van der Waals surface area contributed by atoms with Gasteiger partial charge in [0.2, 0.25) is 0 Å². The van der Waals surface area contributed by atoms with Crippen molar-refractivity contribution in [3.8, 4) is 0 Å². The highest BCUT2D eigenvalue weighted by molar-refractivity contribution is 9.11. The molecular formula is C19H16Br2O. The lowest BCUT2D eigenvalue weighted by atomic mass is 9.83. The molecule has 0 heterocycles. The van der Waals surface area contributed by atoms with Crippen LogP contribution < -0.4 is 0 Å². The van der Waals surface area contributed by atoms with E-state index in [0.717, 1.165) is 18.6 Å². The van der Waals surface area contributed by atoms with E-state index in [1.54, 1.807) is 0 Å². The first-order valence-corrected chi connectivity index (χ1v) is 9.04. The third-order valence-corrected chi connectivity index (χ3v) is 4.87. The van der Waals surface area contributed by atoms with Crippen LogP contribution >= 0.6 is 31.9 Å². The fourth-order valence-electron chi connectivity index (χ4n) is 2.77. The third kappa shape index (κ3) is 3.21. The summed E-state index contributed by atoms with van der Waals surface area (Å²) in [5.74, 6) is 1.01. The van der Waals surface area contributed by atoms with Crippen molar-refractivity contribution in [3.63, 3.8) is 0 Å². The Morgan fingerprint density at radius 2 is 1.86 bits per heavy atom. The van der Waals surface area contributed by atoms with E-state index in [9.17, 15) is 0 Å². The number of rotatable bonds is 3. The molecule has 0 saturated heterocycles. The van der Waals surface area contributed by atoms with Crippen LogP contribution in [0.3, 0.4) is 0 Å². The number of ether oxygens (including phenoxy) is 1. The number of hydrogen-bond acceptors (Lipinski definition) is 1. The van der Waals surface area contributed by atoms with Gasteiger partial charge in [0.25, 0.3) is 0 Å². The number of hydrogen-bond donors (Lipinski definition) is 0. The Labute approximate surface area is 148 Å². The minimum atomic E-state index is 0.605. The summed E-state index contributed by atoms with van der Waals surface area (Å²) in [4.78, 5) is 4.00. The second kappa shape index (κ2) is 7.30. The molecule has 0 saturated carbocycles. The first kappa shape index (κ1) is 15.6. The van der Waals surface area contributed by atoms with E-state index in [1.807, 2.05) is 28.2 Å². The third-order valence-electron chi connectivity index (χ3n) is 3.82. The normalized spacial score (nSPS) is 21.1. The number of allylic oxidation sites excluding steroid dienone is 7. The molecule has 0 atom stereocenters. The van der Waals surface area contributed by atoms with Crippen LogP contribution in [0.2, 0.25) is 0 Å². The van der Waals surface area contributed by atoms with Crippen LogP contribution in [0.1, 0.15) is 18.4 Å². The topological polar surface area (TPSA) is 9.23 Å². The monoisotopic (exact) mass is 418 g/mol. The van der Waals surface area contributed by atoms with E-state index in [1.165, 1.54) is 27.9 Å². The van der Waals surface area contributed by atoms with Crippen molar-refractivity contribution in [2.45, 2.75) is 19.4 Å². The highest BCUT2D eigenvalue weighted by Crippen LogP contribution is 2.40. The van der Waals surface area contributed by atoms with Crippen LogP contribution in [0.5, 0.6) is 0 Å². The van der Waals surface area contributed by atoms with E-state index < -0.39 is 0 Å². The first-order chi connectivity index (χ1) is 10.8. The van der Waals surface area contributed by atoms with Gasteiger partial charge >= 0.3 is 0 Å². The molecule has 2 aliphatic rings. The van der Waals surface area contributed by atoms with Gasteiger partial charge < -0.3 is 4.74 Å². The standard InChI is InChI=1S/C19H16Br2O/c20-11-15-7-4-8-17-18(10-9-16(12-21)19(15)17)22-13-14-5-2-1-3-6-14/h1-7,10-12H,8-9,13H2/b15-11+,16-12-. The quantitative estimate of drug-likeness (QED) is 0.558. The van der Waals surface area contributed by atoms with Gasteiger partial charge in [-0.15, -0.1) is 0 Å². The van der Waals surface area contributed by atoms with Gasteiger partial charge in [0.15, 0.2) is 0 Å². The number of benzene rings is 1. The van der Waals surface area contributed by atoms with Crippen molar-refractivity contribution in [2.75, 3.05) is 0 Å². The van der Waals surface area contributed by atoms with Crippen LogP contribution in [0.15, 0.2) is 86.6 Å². The van der Waals surface area contributed by atoms with Gasteiger partial charge in [0.05, 0.1) is 0 Å². The molecule has 2 aliphatic carbocycles. The molecule has 0 aliphatic heterocycles. The van der Waals surface area contributed by atoms with Crippen molar-refractivity contribution < 1.29 is 4.74 Å². The largest absolute Gasteiger partial charge is 0.489 e. The maximum Gasteiger partial charge on any atom is 0.120 e. The summed E-state index contributed by atoms with van der Waals surface area (Å²) >= 11 is 6.97. The van der Waals surface area contributed by atoms with Gasteiger partial charge in [0, 0.05) is 5.57 Å². The molecule has 3 heteroatoms. The molecular weight excluding hydrogens is 404 g/mol. The van der Waals surface area contributed by atoms with E-state index in [0.29, 0.717) is 6.61 Å². The van der Waals surface area contributed by atoms with Crippen molar-refractivity contribution in [1.29, 1.82) is 0 Å². The Morgan fingerprint density at radius 3 is 2.59 bits per heavy atom. The lowest BCUT2D eigenvalue weighted by Gasteiger charge is -2.26. The van der Waals surface area contributed by atoms with Gasteiger partial charge in [-0.3, -0.25) is 0 Å². The molecule has 112 valence electrons. The maximum absolute atomic E-state index is 6.11. The second-order valence-corrected chi connectivity index (χ2v) is 6.12. The van der Waals surface area contributed by atoms with Crippen LogP contribution in [-0.2, 0) is 11.3 Å². The summed E-state index contributed by atoms with van der Waals surface area (Å²) < 4.78 is 6.11. The smallest absolute Gasteiger partial charge is 0.120 e. The van der Waals surface area contributed by atoms with Crippen LogP contribution in [0.4, 0.5) is 0 Å². The molecule has 1 aromatic rings. The molecule has 3 rings (SSSR count). The van der Waals surface area contributed by atoms with Gasteiger partial charge in [-0.1, -0.05) is 74.3 Å². The lowest BCUT2D eigenvalue weighted by molar-refractivity contribution is 0.203. The molecule has 0 bridgehead atoms. The zero-order valence-corrected chi connectivity index (χ0v) is 15.2. The fourth-order valence-corrected chi connectivity index (χ4v) is 3.56. The fraction of sp³-hybridized carbons (Fsp3) is 0.158. The Balaban J connectivity index is 1.87. The maximum atomic E-state index is 6.11. The molecule has 0 spiro atoms. The average molecular weight is 420 g/mol. The minimum absolute atomic E-state index is 0.605. The second-order valence-electron chi connectivity index (χ2n) is 5.21. The zero-order chi connectivity index (χ0) is 15.4. The summed E-state index contributed by atoms with van der Waals surface area (Å²) in [5.41, 5.74) is 6.22. The molecule has 22 heavy (non-hydrogen) atoms. The predicted molar refractivity (Wildman–Crippen MR) is 98.7 cm³/mol. The summed E-state index contributed by atoms with van der Waals surface area (Å²) in [6.07, 6.45) is 8.31. The number of halogens is 2. The molecule has 0 amide bonds. The van der Waals surface area contributed by atoms with Crippen molar-refractivity contribution >= 4 is 31.9 Å². The molecule has 0 unspecified atom stereocenters. The molecule has 0 N–H and O–H groups in total. The lowest BCUT2D eigenvalue weighted by Crippen LogP contribution is -2.10. The van der Waals surface area contributed by atoms with E-state index >= 15 is 0 Å². The van der Waals surface area contributed by atoms with Gasteiger partial charge in [-0.2, -0.15) is 0 Å². The van der Waals surface area contributed by atoms with Gasteiger partial charge in [-0.05, 0) is 51.2 Å². The van der Waals surface area contributed by atoms with Crippen molar-refractivity contribution in [2.24, 2.45) is 0 Å². The Bertz CT molecular complexity index is 706. The minimum Gasteiger partial charge on any atom is -0.489 e. The summed E-state index contributed by atoms with van der Waals surface area (Å²) in [6, 6.07) is 10.3. The Hall–Kier alpha value is -1.32. The van der Waals surface area contributed by atoms with E-state index in [4.69, 9.17) is 4.74 Å². The highest BCUT2D eigenvalue weighted by Gasteiger charge is 2.24.